The number of hydrogen-bond donors (Lipinski definition) is 0. The second kappa shape index (κ2) is 60.8. The van der Waals surface area contributed by atoms with Gasteiger partial charge in [0, 0.05) is 12.8 Å². The summed E-state index contributed by atoms with van der Waals surface area (Å²) in [5.74, 6) is -0.833. The highest BCUT2D eigenvalue weighted by molar-refractivity contribution is 7.45. The number of likely N-dealkylation sites (N-methyl/N-ethyl adjacent to an activating group) is 1. The molecule has 466 valence electrons. The first-order valence-electron chi connectivity index (χ1n) is 34.2. The number of unbranched alkanes of at least 4 members (excludes halogenated alkanes) is 44. The summed E-state index contributed by atoms with van der Waals surface area (Å²) in [6, 6.07) is 0. The van der Waals surface area contributed by atoms with E-state index in [4.69, 9.17) is 18.5 Å². The van der Waals surface area contributed by atoms with E-state index in [9.17, 15) is 19.0 Å². The maximum atomic E-state index is 12.8. The Morgan fingerprint density at radius 2 is 0.684 bits per heavy atom. The normalized spacial score (nSPS) is 13.3. The number of allylic oxidation sites excluding steroid dienone is 6. The van der Waals surface area contributed by atoms with Crippen molar-refractivity contribution >= 4 is 19.8 Å². The van der Waals surface area contributed by atoms with Gasteiger partial charge in [0.2, 0.25) is 0 Å². The number of carbonyl (C=O) groups excluding carboxylic acids is 2. The Morgan fingerprint density at radius 1 is 0.392 bits per heavy atom. The van der Waals surface area contributed by atoms with Crippen molar-refractivity contribution in [1.82, 2.24) is 0 Å². The van der Waals surface area contributed by atoms with Crippen molar-refractivity contribution in [2.75, 3.05) is 47.5 Å². The molecule has 0 aromatic heterocycles. The molecular weight excluding hydrogens is 1000 g/mol. The van der Waals surface area contributed by atoms with Crippen molar-refractivity contribution in [2.45, 2.75) is 347 Å². The highest BCUT2D eigenvalue weighted by Gasteiger charge is 2.22. The van der Waals surface area contributed by atoms with Crippen LogP contribution >= 0.6 is 7.82 Å². The van der Waals surface area contributed by atoms with Crippen LogP contribution in [0.4, 0.5) is 0 Å². The summed E-state index contributed by atoms with van der Waals surface area (Å²) in [6.45, 7) is 4.25. The second-order valence-electron chi connectivity index (χ2n) is 24.6. The molecule has 0 radical (unpaired) electrons. The standard InChI is InChI=1S/C69H132NO8P/c1-6-8-10-12-14-16-18-20-22-24-26-27-28-29-30-31-32-33-34-35-36-37-38-39-40-41-42-44-45-47-49-51-53-55-57-59-61-68(71)75-65-67(66-77-79(73,74)76-64-63-70(3,4)5)78-69(72)62-60-58-56-54-52-50-48-46-43-25-23-21-19-17-15-13-11-9-7-2/h15,17,21,23,43,46,67H,6-14,16,18-20,22,24-42,44-45,47-66H2,1-5H3/b17-15-,23-21-,46-43-. The molecular formula is C69H132NO8P. The van der Waals surface area contributed by atoms with Gasteiger partial charge in [0.05, 0.1) is 27.7 Å². The van der Waals surface area contributed by atoms with Gasteiger partial charge in [0.25, 0.3) is 7.82 Å². The third-order valence-corrected chi connectivity index (χ3v) is 16.4. The summed E-state index contributed by atoms with van der Waals surface area (Å²) >= 11 is 0. The fourth-order valence-electron chi connectivity index (χ4n) is 10.1. The summed E-state index contributed by atoms with van der Waals surface area (Å²) in [5, 5.41) is 0. The average molecular weight is 1130 g/mol. The molecule has 0 spiro atoms. The topological polar surface area (TPSA) is 111 Å². The van der Waals surface area contributed by atoms with Crippen LogP contribution in [0.3, 0.4) is 0 Å². The first-order valence-corrected chi connectivity index (χ1v) is 35.7. The van der Waals surface area contributed by atoms with E-state index in [1.807, 2.05) is 21.1 Å². The van der Waals surface area contributed by atoms with E-state index in [0.717, 1.165) is 70.6 Å². The molecule has 79 heavy (non-hydrogen) atoms. The van der Waals surface area contributed by atoms with Crippen molar-refractivity contribution in [3.05, 3.63) is 36.5 Å². The van der Waals surface area contributed by atoms with Gasteiger partial charge in [-0.15, -0.1) is 0 Å². The van der Waals surface area contributed by atoms with E-state index in [2.05, 4.69) is 50.3 Å². The Hall–Kier alpha value is -1.77. The van der Waals surface area contributed by atoms with Gasteiger partial charge in [-0.25, -0.2) is 0 Å². The number of nitrogens with zero attached hydrogens (tertiary/aromatic N) is 1. The second-order valence-corrected chi connectivity index (χ2v) is 26.0. The molecule has 0 aliphatic rings. The van der Waals surface area contributed by atoms with Crippen LogP contribution in [-0.4, -0.2) is 70.0 Å². The van der Waals surface area contributed by atoms with Gasteiger partial charge in [0.1, 0.15) is 19.8 Å². The molecule has 0 rings (SSSR count). The Morgan fingerprint density at radius 3 is 1.04 bits per heavy atom. The molecule has 0 aromatic rings. The van der Waals surface area contributed by atoms with Crippen LogP contribution in [0.15, 0.2) is 36.5 Å². The molecule has 0 fully saturated rings. The molecule has 0 aromatic carbocycles. The van der Waals surface area contributed by atoms with Gasteiger partial charge in [0.15, 0.2) is 6.10 Å². The van der Waals surface area contributed by atoms with E-state index < -0.39 is 26.5 Å². The molecule has 2 atom stereocenters. The smallest absolute Gasteiger partial charge is 0.306 e. The first kappa shape index (κ1) is 77.2. The van der Waals surface area contributed by atoms with Crippen LogP contribution in [0.5, 0.6) is 0 Å². The lowest BCUT2D eigenvalue weighted by atomic mass is 10.0. The fraction of sp³-hybridized carbons (Fsp3) is 0.884. The zero-order chi connectivity index (χ0) is 57.7. The quantitative estimate of drug-likeness (QED) is 0.0195. The molecule has 0 aliphatic carbocycles. The van der Waals surface area contributed by atoms with Gasteiger partial charge in [-0.3, -0.25) is 14.2 Å². The van der Waals surface area contributed by atoms with Crippen LogP contribution in [0.2, 0.25) is 0 Å². The van der Waals surface area contributed by atoms with Gasteiger partial charge < -0.3 is 27.9 Å². The number of phosphoric acid groups is 1. The van der Waals surface area contributed by atoms with Crippen molar-refractivity contribution in [3.63, 3.8) is 0 Å². The highest BCUT2D eigenvalue weighted by Crippen LogP contribution is 2.38. The van der Waals surface area contributed by atoms with Crippen LogP contribution in [0, 0.1) is 0 Å². The summed E-state index contributed by atoms with van der Waals surface area (Å²) in [4.78, 5) is 38.0. The van der Waals surface area contributed by atoms with E-state index in [0.29, 0.717) is 17.4 Å². The van der Waals surface area contributed by atoms with Crippen molar-refractivity contribution in [2.24, 2.45) is 0 Å². The SMILES string of the molecule is CCCCC/C=C\C/C=C\C/C=C\CCCCCCCCC(=O)OC(COC(=O)CCCCCCCCCCCCCCCCCCCCCCCCCCCCCCCCCCCCCC)COP(=O)([O-])OCC[N+](C)(C)C. The Balaban J connectivity index is 3.93. The molecule has 10 heteroatoms. The van der Waals surface area contributed by atoms with Crippen molar-refractivity contribution in [3.8, 4) is 0 Å². The van der Waals surface area contributed by atoms with Crippen LogP contribution in [0.1, 0.15) is 341 Å². The predicted molar refractivity (Wildman–Crippen MR) is 337 cm³/mol. The molecule has 9 nitrogen and oxygen atoms in total. The van der Waals surface area contributed by atoms with E-state index >= 15 is 0 Å². The van der Waals surface area contributed by atoms with Gasteiger partial charge in [-0.1, -0.05) is 314 Å². The number of rotatable bonds is 64. The minimum absolute atomic E-state index is 0.0324. The van der Waals surface area contributed by atoms with Crippen LogP contribution < -0.4 is 4.89 Å². The van der Waals surface area contributed by atoms with Crippen molar-refractivity contribution in [1.29, 1.82) is 0 Å². The number of carbonyl (C=O) groups is 2. The lowest BCUT2D eigenvalue weighted by Gasteiger charge is -2.28. The Bertz CT molecular complexity index is 1430. The molecule has 0 saturated heterocycles. The maximum absolute atomic E-state index is 12.8. The monoisotopic (exact) mass is 1130 g/mol. The molecule has 2 unspecified atom stereocenters. The van der Waals surface area contributed by atoms with E-state index in [-0.39, 0.29) is 32.0 Å². The largest absolute Gasteiger partial charge is 0.756 e. The molecule has 0 bridgehead atoms. The highest BCUT2D eigenvalue weighted by atomic mass is 31.2. The average Bonchev–Trinajstić information content (AvgIpc) is 3.41. The van der Waals surface area contributed by atoms with E-state index in [1.54, 1.807) is 0 Å². The Kier molecular flexibility index (Phi) is 59.4. The summed E-state index contributed by atoms with van der Waals surface area (Å²) in [6.07, 6.45) is 76.7. The lowest BCUT2D eigenvalue weighted by molar-refractivity contribution is -0.870. The molecule has 0 amide bonds. The maximum Gasteiger partial charge on any atom is 0.306 e. The predicted octanol–water partition coefficient (Wildman–Crippen LogP) is 21.3. The van der Waals surface area contributed by atoms with Gasteiger partial charge in [-0.2, -0.15) is 0 Å². The summed E-state index contributed by atoms with van der Waals surface area (Å²) in [5.41, 5.74) is 0. The number of phosphoric ester groups is 1. The van der Waals surface area contributed by atoms with Gasteiger partial charge in [-0.05, 0) is 51.4 Å². The molecule has 0 saturated carbocycles. The minimum atomic E-state index is -4.64. The minimum Gasteiger partial charge on any atom is -0.756 e. The van der Waals surface area contributed by atoms with Crippen molar-refractivity contribution < 1.29 is 42.1 Å². The number of hydrogen-bond acceptors (Lipinski definition) is 8. The number of quaternary nitrogens is 1. The third kappa shape index (κ3) is 65.3. The third-order valence-electron chi connectivity index (χ3n) is 15.4. The molecule has 0 N–H and O–H groups in total. The number of ether oxygens (including phenoxy) is 2. The lowest BCUT2D eigenvalue weighted by Crippen LogP contribution is -2.37. The first-order chi connectivity index (χ1) is 38.5. The van der Waals surface area contributed by atoms with Crippen LogP contribution in [-0.2, 0) is 32.7 Å². The molecule has 0 aliphatic heterocycles. The fourth-order valence-corrected chi connectivity index (χ4v) is 10.9. The summed E-state index contributed by atoms with van der Waals surface area (Å²) < 4.78 is 34.2. The van der Waals surface area contributed by atoms with E-state index in [1.165, 1.54) is 238 Å². The van der Waals surface area contributed by atoms with Gasteiger partial charge >= 0.3 is 11.9 Å². The molecule has 0 heterocycles. The zero-order valence-electron chi connectivity index (χ0n) is 53.1. The zero-order valence-corrected chi connectivity index (χ0v) is 54.0. The van der Waals surface area contributed by atoms with Crippen LogP contribution in [0.25, 0.3) is 0 Å². The number of esters is 2. The Labute approximate surface area is 491 Å². The summed E-state index contributed by atoms with van der Waals surface area (Å²) in [7, 11) is 1.17.